The number of hydrogen-bond acceptors (Lipinski definition) is 5. The molecule has 2 amide bonds. The molecule has 3 rings (SSSR count). The molecule has 0 unspecified atom stereocenters. The first-order chi connectivity index (χ1) is 10.6. The van der Waals surface area contributed by atoms with E-state index in [4.69, 9.17) is 4.74 Å². The van der Waals surface area contributed by atoms with Gasteiger partial charge in [0.25, 0.3) is 0 Å². The zero-order valence-corrected chi connectivity index (χ0v) is 13.0. The highest BCUT2D eigenvalue weighted by atomic mass is 16.5. The molecule has 2 fully saturated rings. The Hall–Kier alpha value is -2.08. The molecule has 0 bridgehead atoms. The largest absolute Gasteiger partial charge is 0.495 e. The van der Waals surface area contributed by atoms with Gasteiger partial charge >= 0.3 is 0 Å². The van der Waals surface area contributed by atoms with Gasteiger partial charge in [0, 0.05) is 39.0 Å². The van der Waals surface area contributed by atoms with Gasteiger partial charge in [0.1, 0.15) is 5.75 Å². The molecule has 6 heteroatoms. The summed E-state index contributed by atoms with van der Waals surface area (Å²) >= 11 is 0. The summed E-state index contributed by atoms with van der Waals surface area (Å²) in [4.78, 5) is 29.7. The van der Waals surface area contributed by atoms with E-state index in [1.54, 1.807) is 13.2 Å². The minimum Gasteiger partial charge on any atom is -0.495 e. The summed E-state index contributed by atoms with van der Waals surface area (Å²) in [5, 5.41) is 0. The number of benzene rings is 1. The average Bonchev–Trinajstić information content (AvgIpc) is 2.86. The molecule has 0 N–H and O–H groups in total. The lowest BCUT2D eigenvalue weighted by Crippen LogP contribution is -2.44. The van der Waals surface area contributed by atoms with Crippen molar-refractivity contribution in [1.29, 1.82) is 0 Å². The highest BCUT2D eigenvalue weighted by Crippen LogP contribution is 2.34. The van der Waals surface area contributed by atoms with Crippen LogP contribution in [0.25, 0.3) is 0 Å². The van der Waals surface area contributed by atoms with Gasteiger partial charge in [-0.3, -0.25) is 14.5 Å². The van der Waals surface area contributed by atoms with Crippen molar-refractivity contribution in [3.8, 4) is 5.75 Å². The first-order valence-corrected chi connectivity index (χ1v) is 7.57. The van der Waals surface area contributed by atoms with Crippen molar-refractivity contribution in [2.45, 2.75) is 12.8 Å². The second kappa shape index (κ2) is 5.96. The van der Waals surface area contributed by atoms with Gasteiger partial charge in [-0.2, -0.15) is 0 Å². The van der Waals surface area contributed by atoms with Gasteiger partial charge in [-0.25, -0.2) is 0 Å². The third kappa shape index (κ3) is 2.66. The van der Waals surface area contributed by atoms with E-state index in [1.165, 1.54) is 4.90 Å². The first-order valence-electron chi connectivity index (χ1n) is 7.57. The monoisotopic (exact) mass is 303 g/mol. The SMILES string of the molecule is COc1ccc(N2C(=O)CCC2=O)cc1N1CCN(C)CC1. The molecule has 0 aliphatic carbocycles. The summed E-state index contributed by atoms with van der Waals surface area (Å²) in [6.07, 6.45) is 0.601. The predicted molar refractivity (Wildman–Crippen MR) is 84.4 cm³/mol. The molecule has 0 atom stereocenters. The van der Waals surface area contributed by atoms with Crippen LogP contribution in [0, 0.1) is 0 Å². The van der Waals surface area contributed by atoms with Crippen LogP contribution in [0.5, 0.6) is 5.75 Å². The Bertz CT molecular complexity index is 578. The number of ether oxygens (including phenoxy) is 1. The Morgan fingerprint density at radius 3 is 2.23 bits per heavy atom. The number of nitrogens with zero attached hydrogens (tertiary/aromatic N) is 3. The van der Waals surface area contributed by atoms with E-state index < -0.39 is 0 Å². The summed E-state index contributed by atoms with van der Waals surface area (Å²) in [5.74, 6) is 0.520. The summed E-state index contributed by atoms with van der Waals surface area (Å²) in [6.45, 7) is 3.76. The molecule has 2 aliphatic heterocycles. The topological polar surface area (TPSA) is 53.1 Å². The first kappa shape index (κ1) is 14.8. The molecular formula is C16H21N3O3. The fourth-order valence-corrected chi connectivity index (χ4v) is 2.98. The normalized spacial score (nSPS) is 19.9. The van der Waals surface area contributed by atoms with Crippen LogP contribution >= 0.6 is 0 Å². The number of likely N-dealkylation sites (N-methyl/N-ethyl adjacent to an activating group) is 1. The summed E-state index contributed by atoms with van der Waals surface area (Å²) < 4.78 is 5.45. The fraction of sp³-hybridized carbons (Fsp3) is 0.500. The van der Waals surface area contributed by atoms with Crippen molar-refractivity contribution in [3.05, 3.63) is 18.2 Å². The average molecular weight is 303 g/mol. The Balaban J connectivity index is 1.92. The highest BCUT2D eigenvalue weighted by Gasteiger charge is 2.31. The molecule has 118 valence electrons. The van der Waals surface area contributed by atoms with Crippen LogP contribution in [0.15, 0.2) is 18.2 Å². The summed E-state index contributed by atoms with van der Waals surface area (Å²) in [6, 6.07) is 5.51. The van der Waals surface area contributed by atoms with E-state index >= 15 is 0 Å². The lowest BCUT2D eigenvalue weighted by molar-refractivity contribution is -0.121. The van der Waals surface area contributed by atoms with Crippen LogP contribution in [-0.2, 0) is 9.59 Å². The minimum absolute atomic E-state index is 0.125. The van der Waals surface area contributed by atoms with Crippen LogP contribution in [0.1, 0.15) is 12.8 Å². The number of methoxy groups -OCH3 is 1. The number of imide groups is 1. The van der Waals surface area contributed by atoms with Gasteiger partial charge in [0.2, 0.25) is 11.8 Å². The molecule has 0 spiro atoms. The maximum atomic E-state index is 11.9. The minimum atomic E-state index is -0.125. The molecule has 0 radical (unpaired) electrons. The second-order valence-electron chi connectivity index (χ2n) is 5.77. The van der Waals surface area contributed by atoms with Crippen molar-refractivity contribution in [2.24, 2.45) is 0 Å². The van der Waals surface area contributed by atoms with E-state index in [2.05, 4.69) is 16.8 Å². The van der Waals surface area contributed by atoms with Crippen molar-refractivity contribution >= 4 is 23.2 Å². The number of amides is 2. The smallest absolute Gasteiger partial charge is 0.234 e. The van der Waals surface area contributed by atoms with E-state index in [-0.39, 0.29) is 11.8 Å². The van der Waals surface area contributed by atoms with Gasteiger partial charge in [-0.15, -0.1) is 0 Å². The second-order valence-corrected chi connectivity index (χ2v) is 5.77. The van der Waals surface area contributed by atoms with Crippen molar-refractivity contribution in [2.75, 3.05) is 50.1 Å². The number of anilines is 2. The molecule has 0 saturated carbocycles. The quantitative estimate of drug-likeness (QED) is 0.783. The van der Waals surface area contributed by atoms with Crippen LogP contribution < -0.4 is 14.5 Å². The zero-order chi connectivity index (χ0) is 15.7. The van der Waals surface area contributed by atoms with Crippen molar-refractivity contribution in [1.82, 2.24) is 4.90 Å². The van der Waals surface area contributed by atoms with Crippen molar-refractivity contribution < 1.29 is 14.3 Å². The van der Waals surface area contributed by atoms with Gasteiger partial charge in [-0.1, -0.05) is 0 Å². The third-order valence-electron chi connectivity index (χ3n) is 4.32. The van der Waals surface area contributed by atoms with E-state index in [0.717, 1.165) is 37.6 Å². The lowest BCUT2D eigenvalue weighted by Gasteiger charge is -2.35. The zero-order valence-electron chi connectivity index (χ0n) is 13.0. The Morgan fingerprint density at radius 2 is 1.64 bits per heavy atom. The molecule has 0 aromatic heterocycles. The van der Waals surface area contributed by atoms with Crippen molar-refractivity contribution in [3.63, 3.8) is 0 Å². The maximum absolute atomic E-state index is 11.9. The highest BCUT2D eigenvalue weighted by molar-refractivity contribution is 6.20. The predicted octanol–water partition coefficient (Wildman–Crippen LogP) is 1.10. The summed E-state index contributed by atoms with van der Waals surface area (Å²) in [7, 11) is 3.74. The van der Waals surface area contributed by atoms with Crippen LogP contribution in [0.4, 0.5) is 11.4 Å². The van der Waals surface area contributed by atoms with Crippen LogP contribution in [0.2, 0.25) is 0 Å². The Labute approximate surface area is 130 Å². The van der Waals surface area contributed by atoms with Crippen LogP contribution in [-0.4, -0.2) is 57.1 Å². The molecule has 2 aliphatic rings. The molecule has 22 heavy (non-hydrogen) atoms. The molecule has 6 nitrogen and oxygen atoms in total. The van der Waals surface area contributed by atoms with Gasteiger partial charge < -0.3 is 14.5 Å². The number of piperazine rings is 1. The van der Waals surface area contributed by atoms with Crippen LogP contribution in [0.3, 0.4) is 0 Å². The van der Waals surface area contributed by atoms with E-state index in [1.807, 2.05) is 12.1 Å². The molecule has 1 aromatic carbocycles. The fourth-order valence-electron chi connectivity index (χ4n) is 2.98. The van der Waals surface area contributed by atoms with Gasteiger partial charge in [-0.05, 0) is 25.2 Å². The summed E-state index contributed by atoms with van der Waals surface area (Å²) in [5.41, 5.74) is 1.59. The maximum Gasteiger partial charge on any atom is 0.234 e. The van der Waals surface area contributed by atoms with Gasteiger partial charge in [0.15, 0.2) is 0 Å². The number of hydrogen-bond donors (Lipinski definition) is 0. The van der Waals surface area contributed by atoms with Gasteiger partial charge in [0.05, 0.1) is 18.5 Å². The number of rotatable bonds is 3. The third-order valence-corrected chi connectivity index (χ3v) is 4.32. The molecule has 2 heterocycles. The lowest BCUT2D eigenvalue weighted by atomic mass is 10.2. The molecular weight excluding hydrogens is 282 g/mol. The Kier molecular flexibility index (Phi) is 4.02. The standard InChI is InChI=1S/C16H21N3O3/c1-17-7-9-18(10-8-17)13-11-12(3-4-14(13)22-2)19-15(20)5-6-16(19)21/h3-4,11H,5-10H2,1-2H3. The van der Waals surface area contributed by atoms with E-state index in [9.17, 15) is 9.59 Å². The molecule has 2 saturated heterocycles. The Morgan fingerprint density at radius 1 is 1.00 bits per heavy atom. The number of carbonyl (C=O) groups is 2. The number of carbonyl (C=O) groups excluding carboxylic acids is 2. The van der Waals surface area contributed by atoms with E-state index in [0.29, 0.717) is 18.5 Å². The molecule has 1 aromatic rings.